The summed E-state index contributed by atoms with van der Waals surface area (Å²) in [5.74, 6) is 0.0953. The third-order valence-corrected chi connectivity index (χ3v) is 5.68. The van der Waals surface area contributed by atoms with Crippen molar-refractivity contribution in [1.29, 1.82) is 0 Å². The number of urea groups is 1. The highest BCUT2D eigenvalue weighted by molar-refractivity contribution is 6.33. The molecule has 9 heteroatoms. The summed E-state index contributed by atoms with van der Waals surface area (Å²) >= 11 is 5.96. The molecule has 3 rings (SSSR count). The van der Waals surface area contributed by atoms with Gasteiger partial charge in [0.2, 0.25) is 5.91 Å². The number of alkyl halides is 3. The van der Waals surface area contributed by atoms with Gasteiger partial charge in [-0.15, -0.1) is 0 Å². The Labute approximate surface area is 160 Å². The summed E-state index contributed by atoms with van der Waals surface area (Å²) < 4.78 is 38.7. The fraction of sp³-hybridized carbons (Fsp3) is 0.556. The van der Waals surface area contributed by atoms with E-state index in [2.05, 4.69) is 5.32 Å². The quantitative estimate of drug-likeness (QED) is 0.763. The molecule has 27 heavy (non-hydrogen) atoms. The van der Waals surface area contributed by atoms with Crippen LogP contribution in [0.15, 0.2) is 18.2 Å². The van der Waals surface area contributed by atoms with Gasteiger partial charge in [0.15, 0.2) is 0 Å². The van der Waals surface area contributed by atoms with Crippen LogP contribution in [0.25, 0.3) is 0 Å². The van der Waals surface area contributed by atoms with Crippen LogP contribution >= 0.6 is 11.6 Å². The fourth-order valence-electron chi connectivity index (χ4n) is 3.94. The Morgan fingerprint density at radius 3 is 2.67 bits per heavy atom. The minimum absolute atomic E-state index is 0.0473. The smallest absolute Gasteiger partial charge is 0.345 e. The molecule has 2 aliphatic rings. The van der Waals surface area contributed by atoms with E-state index < -0.39 is 17.8 Å². The van der Waals surface area contributed by atoms with Crippen molar-refractivity contribution in [2.24, 2.45) is 5.41 Å². The monoisotopic (exact) mass is 403 g/mol. The van der Waals surface area contributed by atoms with Crippen LogP contribution in [0.5, 0.6) is 0 Å². The summed E-state index contributed by atoms with van der Waals surface area (Å²) in [5.41, 5.74) is -1.09. The Balaban J connectivity index is 1.72. The van der Waals surface area contributed by atoms with Gasteiger partial charge in [-0.05, 0) is 37.5 Å². The van der Waals surface area contributed by atoms with E-state index in [1.165, 1.54) is 0 Å². The van der Waals surface area contributed by atoms with Crippen LogP contribution in [0.2, 0.25) is 5.02 Å². The van der Waals surface area contributed by atoms with Gasteiger partial charge >= 0.3 is 12.2 Å². The first-order valence-electron chi connectivity index (χ1n) is 8.76. The molecule has 2 heterocycles. The molecule has 0 bridgehead atoms. The molecule has 1 spiro atoms. The molecule has 3 amide bonds. The maximum atomic E-state index is 12.9. The molecule has 148 valence electrons. The molecule has 2 aliphatic heterocycles. The first-order chi connectivity index (χ1) is 12.6. The molecule has 0 aromatic heterocycles. The number of anilines is 1. The third kappa shape index (κ3) is 4.31. The highest BCUT2D eigenvalue weighted by atomic mass is 35.5. The Kier molecular flexibility index (Phi) is 5.29. The highest BCUT2D eigenvalue weighted by Crippen LogP contribution is 2.39. The number of nitrogens with zero attached hydrogens (tertiary/aromatic N) is 2. The van der Waals surface area contributed by atoms with Gasteiger partial charge in [0, 0.05) is 38.5 Å². The van der Waals surface area contributed by atoms with E-state index in [1.807, 2.05) is 0 Å². The van der Waals surface area contributed by atoms with Gasteiger partial charge in [-0.1, -0.05) is 11.6 Å². The minimum Gasteiger partial charge on any atom is -0.345 e. The maximum absolute atomic E-state index is 12.9. The normalized spacial score (nSPS) is 23.7. The number of carbonyl (C=O) groups excluding carboxylic acids is 2. The summed E-state index contributed by atoms with van der Waals surface area (Å²) in [6, 6.07) is 2.37. The zero-order valence-electron chi connectivity index (χ0n) is 14.9. The van der Waals surface area contributed by atoms with Crippen LogP contribution in [0, 0.1) is 5.41 Å². The molecule has 0 radical (unpaired) electrons. The van der Waals surface area contributed by atoms with Crippen molar-refractivity contribution in [2.45, 2.75) is 31.9 Å². The van der Waals surface area contributed by atoms with E-state index in [9.17, 15) is 22.8 Å². The third-order valence-electron chi connectivity index (χ3n) is 5.35. The number of rotatable bonds is 1. The lowest BCUT2D eigenvalue weighted by Crippen LogP contribution is -2.54. The van der Waals surface area contributed by atoms with Gasteiger partial charge in [0.25, 0.3) is 0 Å². The van der Waals surface area contributed by atoms with E-state index in [1.54, 1.807) is 16.8 Å². The number of nitrogens with one attached hydrogen (secondary N) is 1. The first-order valence-corrected chi connectivity index (χ1v) is 9.14. The number of hydrogen-bond acceptors (Lipinski definition) is 2. The second kappa shape index (κ2) is 7.22. The predicted molar refractivity (Wildman–Crippen MR) is 95.6 cm³/mol. The van der Waals surface area contributed by atoms with Gasteiger partial charge in [0.05, 0.1) is 16.3 Å². The van der Waals surface area contributed by atoms with Gasteiger partial charge in [0.1, 0.15) is 0 Å². The van der Waals surface area contributed by atoms with Crippen molar-refractivity contribution in [2.75, 3.05) is 32.0 Å². The Morgan fingerprint density at radius 2 is 2.00 bits per heavy atom. The molecule has 0 aliphatic carbocycles. The second-order valence-electron chi connectivity index (χ2n) is 7.40. The van der Waals surface area contributed by atoms with Gasteiger partial charge < -0.3 is 15.1 Å². The van der Waals surface area contributed by atoms with Crippen molar-refractivity contribution in [1.82, 2.24) is 9.80 Å². The molecule has 1 aromatic rings. The van der Waals surface area contributed by atoms with Crippen LogP contribution in [0.1, 0.15) is 31.2 Å². The van der Waals surface area contributed by atoms with E-state index >= 15 is 0 Å². The van der Waals surface area contributed by atoms with Crippen LogP contribution in [-0.4, -0.2) is 48.4 Å². The Hall–Kier alpha value is -1.96. The predicted octanol–water partition coefficient (Wildman–Crippen LogP) is 4.23. The summed E-state index contributed by atoms with van der Waals surface area (Å²) in [6.45, 7) is 1.56. The van der Waals surface area contributed by atoms with E-state index in [0.29, 0.717) is 32.5 Å². The maximum Gasteiger partial charge on any atom is 0.416 e. The number of carbonyl (C=O) groups is 2. The number of halogens is 4. The number of piperidine rings is 2. The topological polar surface area (TPSA) is 52.6 Å². The average molecular weight is 404 g/mol. The van der Waals surface area contributed by atoms with E-state index in [-0.39, 0.29) is 22.0 Å². The lowest BCUT2D eigenvalue weighted by Gasteiger charge is -2.47. The van der Waals surface area contributed by atoms with E-state index in [0.717, 1.165) is 31.0 Å². The molecule has 1 atom stereocenters. The van der Waals surface area contributed by atoms with Gasteiger partial charge in [-0.25, -0.2) is 4.79 Å². The van der Waals surface area contributed by atoms with E-state index in [4.69, 9.17) is 11.6 Å². The van der Waals surface area contributed by atoms with Crippen LogP contribution in [-0.2, 0) is 11.0 Å². The van der Waals surface area contributed by atoms with Crippen molar-refractivity contribution in [3.8, 4) is 0 Å². The lowest BCUT2D eigenvalue weighted by atomic mass is 9.74. The summed E-state index contributed by atoms with van der Waals surface area (Å²) in [5, 5.41) is 2.56. The number of amides is 3. The molecular formula is C18H21ClF3N3O2. The summed E-state index contributed by atoms with van der Waals surface area (Å²) in [4.78, 5) is 27.7. The van der Waals surface area contributed by atoms with Crippen molar-refractivity contribution in [3.05, 3.63) is 28.8 Å². The van der Waals surface area contributed by atoms with Gasteiger partial charge in [-0.2, -0.15) is 13.2 Å². The minimum atomic E-state index is -4.52. The molecule has 0 saturated carbocycles. The van der Waals surface area contributed by atoms with Crippen LogP contribution in [0.3, 0.4) is 0 Å². The summed E-state index contributed by atoms with van der Waals surface area (Å²) in [7, 11) is 1.75. The van der Waals surface area contributed by atoms with Gasteiger partial charge in [-0.3, -0.25) is 4.79 Å². The highest BCUT2D eigenvalue weighted by Gasteiger charge is 2.42. The number of hydrogen-bond donors (Lipinski definition) is 1. The SMILES string of the molecule is CN1CC2(CCCN(C(=O)Nc3cc(C(F)(F)F)ccc3Cl)C2)CCC1=O. The van der Waals surface area contributed by atoms with Crippen molar-refractivity contribution >= 4 is 29.2 Å². The molecule has 2 fully saturated rings. The van der Waals surface area contributed by atoms with Crippen molar-refractivity contribution in [3.63, 3.8) is 0 Å². The molecule has 1 aromatic carbocycles. The lowest BCUT2D eigenvalue weighted by molar-refractivity contribution is -0.138. The van der Waals surface area contributed by atoms with Crippen LogP contribution < -0.4 is 5.32 Å². The largest absolute Gasteiger partial charge is 0.416 e. The zero-order chi connectivity index (χ0) is 19.8. The molecule has 2 saturated heterocycles. The molecule has 1 unspecified atom stereocenters. The fourth-order valence-corrected chi connectivity index (χ4v) is 4.10. The van der Waals surface area contributed by atoms with Crippen LogP contribution in [0.4, 0.5) is 23.7 Å². The number of benzene rings is 1. The zero-order valence-corrected chi connectivity index (χ0v) is 15.7. The Morgan fingerprint density at radius 1 is 1.26 bits per heavy atom. The summed E-state index contributed by atoms with van der Waals surface area (Å²) in [6.07, 6.45) is -1.65. The average Bonchev–Trinajstić information content (AvgIpc) is 2.59. The van der Waals surface area contributed by atoms with Crippen molar-refractivity contribution < 1.29 is 22.8 Å². The molecule has 1 N–H and O–H groups in total. The molecular weight excluding hydrogens is 383 g/mol. The molecule has 5 nitrogen and oxygen atoms in total. The second-order valence-corrected chi connectivity index (χ2v) is 7.80. The number of likely N-dealkylation sites (tertiary alicyclic amines) is 2. The Bertz CT molecular complexity index is 756. The first kappa shape index (κ1) is 19.8. The standard InChI is InChI=1S/C18H21ClF3N3O2/c1-24-10-17(7-5-15(24)26)6-2-8-25(11-17)16(27)23-14-9-12(18(20,21)22)3-4-13(14)19/h3-4,9H,2,5-8,10-11H2,1H3,(H,23,27).